The highest BCUT2D eigenvalue weighted by Crippen LogP contribution is 2.24. The minimum absolute atomic E-state index is 0.219. The number of nitrogens with one attached hydrogen (secondary N) is 1. The van der Waals surface area contributed by atoms with E-state index in [1.54, 1.807) is 0 Å². The molecule has 0 bridgehead atoms. The molecule has 0 spiro atoms. The molecule has 1 amide bonds. The van der Waals surface area contributed by atoms with E-state index < -0.39 is 17.8 Å². The van der Waals surface area contributed by atoms with Crippen LogP contribution in [0.4, 0.5) is 4.79 Å². The lowest BCUT2D eigenvalue weighted by Crippen LogP contribution is -2.42. The molecule has 0 aliphatic rings. The van der Waals surface area contributed by atoms with Crippen LogP contribution in [0.2, 0.25) is 0 Å². The number of carbonyl (C=O) groups excluding carboxylic acids is 1. The molecule has 1 unspecified atom stereocenters. The molecule has 4 nitrogen and oxygen atoms in total. The average molecular weight is 285 g/mol. The number of hydrogen-bond donors (Lipinski definition) is 2. The van der Waals surface area contributed by atoms with Crippen LogP contribution in [0.5, 0.6) is 0 Å². The average Bonchev–Trinajstić information content (AvgIpc) is 2.42. The highest BCUT2D eigenvalue weighted by molar-refractivity contribution is 7.99. The smallest absolute Gasteiger partial charge is 0.327 e. The number of amides is 1. The van der Waals surface area contributed by atoms with Gasteiger partial charge >= 0.3 is 5.97 Å². The van der Waals surface area contributed by atoms with Crippen LogP contribution in [0.25, 0.3) is 10.8 Å². The van der Waals surface area contributed by atoms with E-state index in [9.17, 15) is 9.59 Å². The number of hydrogen-bond acceptors (Lipinski definition) is 3. The van der Waals surface area contributed by atoms with Gasteiger partial charge in [-0.25, -0.2) is 4.79 Å². The molecular weight excluding hydrogens is 273 g/mol. The van der Waals surface area contributed by atoms with E-state index in [2.05, 4.69) is 5.32 Å². The number of thioether (sulfide) groups is 1. The van der Waals surface area contributed by atoms with Gasteiger partial charge < -0.3 is 10.4 Å². The first-order valence-corrected chi connectivity index (χ1v) is 6.95. The van der Waals surface area contributed by atoms with Gasteiger partial charge in [-0.05, 0) is 22.9 Å². The zero-order valence-electron chi connectivity index (χ0n) is 10.6. The Bertz CT molecular complexity index is 647. The molecule has 0 aromatic heterocycles. The van der Waals surface area contributed by atoms with Crippen LogP contribution >= 0.6 is 11.8 Å². The van der Waals surface area contributed by atoms with E-state index in [0.29, 0.717) is 0 Å². The van der Waals surface area contributed by atoms with E-state index in [0.717, 1.165) is 15.7 Å². The third-order valence-corrected chi connectivity index (χ3v) is 3.84. The highest BCUT2D eigenvalue weighted by Gasteiger charge is 2.18. The van der Waals surface area contributed by atoms with Gasteiger partial charge in [-0.2, -0.15) is 0 Å². The van der Waals surface area contributed by atoms with E-state index in [1.807, 2.05) is 42.5 Å². The fraction of sp³-hybridized carbons (Fsp3) is 0.143. The number of carboxylic acid groups (broad SMARTS) is 1. The summed E-state index contributed by atoms with van der Waals surface area (Å²) < 4.78 is 0. The molecule has 2 radical (unpaired) electrons. The van der Waals surface area contributed by atoms with Crippen LogP contribution in [0.15, 0.2) is 47.4 Å². The van der Waals surface area contributed by atoms with Crippen LogP contribution < -0.4 is 5.32 Å². The van der Waals surface area contributed by atoms with Crippen molar-refractivity contribution in [3.63, 3.8) is 0 Å². The number of carboxylic acids is 1. The summed E-state index contributed by atoms with van der Waals surface area (Å²) in [4.78, 5) is 22.7. The number of aliphatic carboxylic acids is 1. The summed E-state index contributed by atoms with van der Waals surface area (Å²) in [7, 11) is 4.95. The van der Waals surface area contributed by atoms with Gasteiger partial charge in [-0.3, -0.25) is 4.79 Å². The first kappa shape index (κ1) is 14.5. The molecular formula is C14H12BNO3S. The lowest BCUT2D eigenvalue weighted by atomic mass is 10.1. The second kappa shape index (κ2) is 6.48. The van der Waals surface area contributed by atoms with Crippen molar-refractivity contribution in [1.29, 1.82) is 0 Å². The van der Waals surface area contributed by atoms with Crippen molar-refractivity contribution in [2.75, 3.05) is 5.75 Å². The summed E-state index contributed by atoms with van der Waals surface area (Å²) in [6.07, 6.45) is 0. The number of fused-ring (bicyclic) bond motifs is 1. The number of benzene rings is 2. The van der Waals surface area contributed by atoms with E-state index >= 15 is 0 Å². The molecule has 0 fully saturated rings. The van der Waals surface area contributed by atoms with Crippen molar-refractivity contribution in [3.8, 4) is 0 Å². The van der Waals surface area contributed by atoms with Gasteiger partial charge in [-0.1, -0.05) is 30.3 Å². The largest absolute Gasteiger partial charge is 0.480 e. The van der Waals surface area contributed by atoms with Crippen LogP contribution in [0.3, 0.4) is 0 Å². The second-order valence-electron chi connectivity index (χ2n) is 4.22. The summed E-state index contributed by atoms with van der Waals surface area (Å²) >= 11 is 1.36. The minimum atomic E-state index is -1.10. The highest BCUT2D eigenvalue weighted by atomic mass is 32.2. The SMILES string of the molecule is [B]C(=O)NC(CSc1ccc2ccccc2c1)C(=O)O. The molecule has 0 aliphatic carbocycles. The zero-order chi connectivity index (χ0) is 14.5. The third kappa shape index (κ3) is 3.77. The van der Waals surface area contributed by atoms with Crippen LogP contribution in [0, 0.1) is 0 Å². The molecule has 0 saturated carbocycles. The zero-order valence-corrected chi connectivity index (χ0v) is 11.4. The summed E-state index contributed by atoms with van der Waals surface area (Å²) in [5.74, 6) is -1.72. The first-order valence-electron chi connectivity index (χ1n) is 5.96. The Morgan fingerprint density at radius 1 is 1.20 bits per heavy atom. The Morgan fingerprint density at radius 3 is 2.55 bits per heavy atom. The Kier molecular flexibility index (Phi) is 4.68. The minimum Gasteiger partial charge on any atom is -0.480 e. The fourth-order valence-corrected chi connectivity index (χ4v) is 2.74. The van der Waals surface area contributed by atoms with Crippen molar-refractivity contribution >= 4 is 42.2 Å². The Balaban J connectivity index is 2.07. The Labute approximate surface area is 122 Å². The van der Waals surface area contributed by atoms with Crippen molar-refractivity contribution in [1.82, 2.24) is 5.32 Å². The van der Waals surface area contributed by atoms with Gasteiger partial charge in [0.15, 0.2) is 5.81 Å². The van der Waals surface area contributed by atoms with Crippen LogP contribution in [-0.2, 0) is 4.79 Å². The summed E-state index contributed by atoms with van der Waals surface area (Å²) in [5.41, 5.74) is 0. The van der Waals surface area contributed by atoms with Crippen molar-refractivity contribution in [2.24, 2.45) is 0 Å². The summed E-state index contributed by atoms with van der Waals surface area (Å²) in [6, 6.07) is 12.8. The first-order chi connectivity index (χ1) is 9.56. The van der Waals surface area contributed by atoms with E-state index in [4.69, 9.17) is 13.0 Å². The van der Waals surface area contributed by atoms with Gasteiger partial charge in [0.1, 0.15) is 6.04 Å². The Hall–Kier alpha value is -1.95. The van der Waals surface area contributed by atoms with Crippen LogP contribution in [-0.4, -0.2) is 36.5 Å². The second-order valence-corrected chi connectivity index (χ2v) is 5.31. The van der Waals surface area contributed by atoms with Gasteiger partial charge in [-0.15, -0.1) is 11.8 Å². The molecule has 6 heteroatoms. The van der Waals surface area contributed by atoms with Crippen LogP contribution in [0.1, 0.15) is 0 Å². The van der Waals surface area contributed by atoms with Gasteiger partial charge in [0, 0.05) is 10.6 Å². The normalized spacial score (nSPS) is 12.0. The van der Waals surface area contributed by atoms with Gasteiger partial charge in [0.25, 0.3) is 0 Å². The molecule has 0 saturated heterocycles. The molecule has 2 rings (SSSR count). The lowest BCUT2D eigenvalue weighted by Gasteiger charge is -2.13. The van der Waals surface area contributed by atoms with Crippen molar-refractivity contribution in [3.05, 3.63) is 42.5 Å². The molecule has 2 aromatic carbocycles. The summed E-state index contributed by atoms with van der Waals surface area (Å²) in [5, 5.41) is 13.4. The molecule has 100 valence electrons. The standard InChI is InChI=1S/C14H12BNO3S/c15-14(19)16-12(13(17)18)8-20-11-6-5-9-3-1-2-4-10(9)7-11/h1-7,12H,8H2,(H,16,19)(H,17,18). The van der Waals surface area contributed by atoms with E-state index in [1.165, 1.54) is 11.8 Å². The van der Waals surface area contributed by atoms with Gasteiger partial charge in [0.05, 0.1) is 0 Å². The maximum Gasteiger partial charge on any atom is 0.327 e. The predicted octanol–water partition coefficient (Wildman–Crippen LogP) is 2.26. The van der Waals surface area contributed by atoms with Crippen molar-refractivity contribution < 1.29 is 14.7 Å². The quantitative estimate of drug-likeness (QED) is 0.653. The molecule has 2 N–H and O–H groups in total. The number of rotatable bonds is 5. The third-order valence-electron chi connectivity index (χ3n) is 2.75. The maximum absolute atomic E-state index is 11.0. The lowest BCUT2D eigenvalue weighted by molar-refractivity contribution is -0.138. The van der Waals surface area contributed by atoms with Gasteiger partial charge in [0.2, 0.25) is 7.85 Å². The maximum atomic E-state index is 11.0. The van der Waals surface area contributed by atoms with E-state index in [-0.39, 0.29) is 5.75 Å². The topological polar surface area (TPSA) is 66.4 Å². The number of carbonyl (C=O) groups is 2. The predicted molar refractivity (Wildman–Crippen MR) is 80.4 cm³/mol. The molecule has 0 heterocycles. The Morgan fingerprint density at radius 2 is 1.90 bits per heavy atom. The molecule has 2 aromatic rings. The molecule has 1 atom stereocenters. The monoisotopic (exact) mass is 285 g/mol. The fourth-order valence-electron chi connectivity index (χ4n) is 1.78. The van der Waals surface area contributed by atoms with Crippen molar-refractivity contribution in [2.45, 2.75) is 10.9 Å². The molecule has 0 aliphatic heterocycles. The molecule has 20 heavy (non-hydrogen) atoms. The summed E-state index contributed by atoms with van der Waals surface area (Å²) in [6.45, 7) is 0.